The number of benzene rings is 2. The van der Waals surface area contributed by atoms with Gasteiger partial charge in [0.05, 0.1) is 14.2 Å². The molecule has 0 aliphatic carbocycles. The molecule has 4 nitrogen and oxygen atoms in total. The Morgan fingerprint density at radius 1 is 0.905 bits per heavy atom. The van der Waals surface area contributed by atoms with E-state index < -0.39 is 0 Å². The number of methoxy groups -OCH3 is 2. The predicted molar refractivity (Wildman–Crippen MR) is 83.1 cm³/mol. The zero-order valence-corrected chi connectivity index (χ0v) is 12.5. The molecule has 0 spiro atoms. The first-order chi connectivity index (χ1) is 10.3. The van der Waals surface area contributed by atoms with Crippen molar-refractivity contribution < 1.29 is 14.2 Å². The quantitative estimate of drug-likeness (QED) is 0.851. The van der Waals surface area contributed by atoms with Crippen LogP contribution in [-0.4, -0.2) is 20.8 Å². The minimum atomic E-state index is 0.427. The lowest BCUT2D eigenvalue weighted by Crippen LogP contribution is -2.03. The fourth-order valence-corrected chi connectivity index (χ4v) is 2.07. The summed E-state index contributed by atoms with van der Waals surface area (Å²) >= 11 is 0. The van der Waals surface area contributed by atoms with Gasteiger partial charge in [-0.15, -0.1) is 0 Å². The van der Waals surface area contributed by atoms with E-state index in [0.29, 0.717) is 13.2 Å². The van der Waals surface area contributed by atoms with Gasteiger partial charge in [0, 0.05) is 5.56 Å². The van der Waals surface area contributed by atoms with Gasteiger partial charge in [-0.05, 0) is 48.9 Å². The smallest absolute Gasteiger partial charge is 0.125 e. The van der Waals surface area contributed by atoms with Crippen molar-refractivity contribution in [1.29, 1.82) is 0 Å². The van der Waals surface area contributed by atoms with Gasteiger partial charge in [-0.1, -0.05) is 12.1 Å². The van der Waals surface area contributed by atoms with Gasteiger partial charge in [-0.2, -0.15) is 0 Å². The number of hydrogen-bond donors (Lipinski definition) is 1. The van der Waals surface area contributed by atoms with Crippen molar-refractivity contribution in [2.24, 2.45) is 5.73 Å². The van der Waals surface area contributed by atoms with Crippen molar-refractivity contribution in [1.82, 2.24) is 0 Å². The highest BCUT2D eigenvalue weighted by molar-refractivity contribution is 5.40. The van der Waals surface area contributed by atoms with Gasteiger partial charge >= 0.3 is 0 Å². The molecule has 0 saturated carbocycles. The normalized spacial score (nSPS) is 10.2. The zero-order valence-electron chi connectivity index (χ0n) is 12.5. The summed E-state index contributed by atoms with van der Waals surface area (Å²) < 4.78 is 16.4. The molecule has 2 aromatic rings. The molecular weight excluding hydrogens is 266 g/mol. The monoisotopic (exact) mass is 287 g/mol. The Morgan fingerprint density at radius 2 is 1.62 bits per heavy atom. The van der Waals surface area contributed by atoms with Gasteiger partial charge in [0.15, 0.2) is 0 Å². The highest BCUT2D eigenvalue weighted by Gasteiger charge is 2.06. The van der Waals surface area contributed by atoms with Gasteiger partial charge in [-0.3, -0.25) is 0 Å². The summed E-state index contributed by atoms with van der Waals surface area (Å²) in [5, 5.41) is 0. The van der Waals surface area contributed by atoms with Crippen LogP contribution < -0.4 is 19.9 Å². The summed E-state index contributed by atoms with van der Waals surface area (Å²) in [5.74, 6) is 2.39. The maximum atomic E-state index is 5.80. The van der Waals surface area contributed by atoms with E-state index in [1.807, 2.05) is 42.5 Å². The van der Waals surface area contributed by atoms with Crippen LogP contribution in [0, 0.1) is 0 Å². The molecule has 0 atom stereocenters. The largest absolute Gasteiger partial charge is 0.497 e. The Hall–Kier alpha value is -2.20. The molecule has 0 bridgehead atoms. The Labute approximate surface area is 125 Å². The maximum absolute atomic E-state index is 5.80. The lowest BCUT2D eigenvalue weighted by molar-refractivity contribution is 0.295. The van der Waals surface area contributed by atoms with E-state index in [-0.39, 0.29) is 0 Å². The third-order valence-corrected chi connectivity index (χ3v) is 3.24. The summed E-state index contributed by atoms with van der Waals surface area (Å²) in [6, 6.07) is 13.6. The topological polar surface area (TPSA) is 53.7 Å². The fourth-order valence-electron chi connectivity index (χ4n) is 2.07. The molecule has 0 heterocycles. The van der Waals surface area contributed by atoms with E-state index in [0.717, 1.165) is 29.2 Å². The SMILES string of the molecule is COc1ccc(OC)c(COc2ccc(CCN)cc2)c1. The Kier molecular flexibility index (Phi) is 5.46. The van der Waals surface area contributed by atoms with Crippen LogP contribution in [-0.2, 0) is 13.0 Å². The third kappa shape index (κ3) is 4.13. The number of hydrogen-bond acceptors (Lipinski definition) is 4. The van der Waals surface area contributed by atoms with Crippen LogP contribution in [0.15, 0.2) is 42.5 Å². The van der Waals surface area contributed by atoms with Crippen molar-refractivity contribution in [2.45, 2.75) is 13.0 Å². The molecule has 0 aromatic heterocycles. The van der Waals surface area contributed by atoms with Gasteiger partial charge in [0.2, 0.25) is 0 Å². The molecule has 112 valence electrons. The van der Waals surface area contributed by atoms with Crippen LogP contribution in [0.3, 0.4) is 0 Å². The summed E-state index contributed by atoms with van der Waals surface area (Å²) in [4.78, 5) is 0. The Bertz CT molecular complexity index is 567. The van der Waals surface area contributed by atoms with E-state index in [9.17, 15) is 0 Å². The second kappa shape index (κ2) is 7.55. The number of nitrogens with two attached hydrogens (primary N) is 1. The average Bonchev–Trinajstić information content (AvgIpc) is 2.54. The summed E-state index contributed by atoms with van der Waals surface area (Å²) in [6.45, 7) is 1.08. The Balaban J connectivity index is 2.04. The first-order valence-corrected chi connectivity index (χ1v) is 6.89. The van der Waals surface area contributed by atoms with Crippen LogP contribution in [0.25, 0.3) is 0 Å². The molecule has 2 rings (SSSR count). The molecule has 2 N–H and O–H groups in total. The van der Waals surface area contributed by atoms with Crippen LogP contribution in [0.4, 0.5) is 0 Å². The van der Waals surface area contributed by atoms with E-state index in [4.69, 9.17) is 19.9 Å². The first-order valence-electron chi connectivity index (χ1n) is 6.89. The lowest BCUT2D eigenvalue weighted by Gasteiger charge is -2.12. The molecule has 0 aliphatic heterocycles. The van der Waals surface area contributed by atoms with Crippen LogP contribution in [0.2, 0.25) is 0 Å². The summed E-state index contributed by atoms with van der Waals surface area (Å²) in [7, 11) is 3.29. The number of ether oxygens (including phenoxy) is 3. The summed E-state index contributed by atoms with van der Waals surface area (Å²) in [6.07, 6.45) is 0.879. The average molecular weight is 287 g/mol. The van der Waals surface area contributed by atoms with Gasteiger partial charge < -0.3 is 19.9 Å². The van der Waals surface area contributed by atoms with Crippen LogP contribution >= 0.6 is 0 Å². The summed E-state index contributed by atoms with van der Waals surface area (Å²) in [5.41, 5.74) is 7.69. The first kappa shape index (κ1) is 15.2. The van der Waals surface area contributed by atoms with Crippen molar-refractivity contribution >= 4 is 0 Å². The second-order valence-electron chi connectivity index (χ2n) is 4.65. The molecule has 0 aliphatic rings. The molecule has 0 amide bonds. The highest BCUT2D eigenvalue weighted by atomic mass is 16.5. The minimum Gasteiger partial charge on any atom is -0.497 e. The minimum absolute atomic E-state index is 0.427. The zero-order chi connectivity index (χ0) is 15.1. The molecule has 21 heavy (non-hydrogen) atoms. The lowest BCUT2D eigenvalue weighted by atomic mass is 10.1. The Morgan fingerprint density at radius 3 is 2.24 bits per heavy atom. The van der Waals surface area contributed by atoms with Gasteiger partial charge in [-0.25, -0.2) is 0 Å². The second-order valence-corrected chi connectivity index (χ2v) is 4.65. The molecule has 0 saturated heterocycles. The fraction of sp³-hybridized carbons (Fsp3) is 0.294. The molecular formula is C17H21NO3. The van der Waals surface area contributed by atoms with Crippen LogP contribution in [0.1, 0.15) is 11.1 Å². The standard InChI is InChI=1S/C17H21NO3/c1-19-16-7-8-17(20-2)14(11-16)12-21-15-5-3-13(4-6-15)9-10-18/h3-8,11H,9-10,12,18H2,1-2H3. The maximum Gasteiger partial charge on any atom is 0.125 e. The molecule has 4 heteroatoms. The van der Waals surface area contributed by atoms with Crippen molar-refractivity contribution in [3.8, 4) is 17.2 Å². The molecule has 2 aromatic carbocycles. The van der Waals surface area contributed by atoms with E-state index in [2.05, 4.69) is 0 Å². The molecule has 0 fully saturated rings. The van der Waals surface area contributed by atoms with E-state index in [1.54, 1.807) is 14.2 Å². The van der Waals surface area contributed by atoms with Crippen molar-refractivity contribution in [3.05, 3.63) is 53.6 Å². The third-order valence-electron chi connectivity index (χ3n) is 3.24. The molecule has 0 radical (unpaired) electrons. The van der Waals surface area contributed by atoms with Crippen LogP contribution in [0.5, 0.6) is 17.2 Å². The highest BCUT2D eigenvalue weighted by Crippen LogP contribution is 2.25. The van der Waals surface area contributed by atoms with Crippen molar-refractivity contribution in [3.63, 3.8) is 0 Å². The van der Waals surface area contributed by atoms with Crippen molar-refractivity contribution in [2.75, 3.05) is 20.8 Å². The van der Waals surface area contributed by atoms with E-state index in [1.165, 1.54) is 5.56 Å². The predicted octanol–water partition coefficient (Wildman–Crippen LogP) is 2.78. The van der Waals surface area contributed by atoms with E-state index >= 15 is 0 Å². The molecule has 0 unspecified atom stereocenters. The van der Waals surface area contributed by atoms with Gasteiger partial charge in [0.1, 0.15) is 23.9 Å². The number of rotatable bonds is 7. The van der Waals surface area contributed by atoms with Gasteiger partial charge in [0.25, 0.3) is 0 Å².